The van der Waals surface area contributed by atoms with E-state index in [0.29, 0.717) is 22.6 Å². The van der Waals surface area contributed by atoms with E-state index in [-0.39, 0.29) is 31.6 Å². The van der Waals surface area contributed by atoms with E-state index in [0.717, 1.165) is 42.5 Å². The number of rotatable bonds is 7. The smallest absolute Gasteiger partial charge is 0.332 e. The molecule has 9 nitrogen and oxygen atoms in total. The Hall–Kier alpha value is -3.40. The van der Waals surface area contributed by atoms with Gasteiger partial charge in [-0.3, -0.25) is 0 Å². The fourth-order valence-corrected chi connectivity index (χ4v) is 4.45. The monoisotopic (exact) mass is 477 g/mol. The second-order valence-electron chi connectivity index (χ2n) is 9.70. The van der Waals surface area contributed by atoms with Gasteiger partial charge in [-0.05, 0) is 43.2 Å². The van der Waals surface area contributed by atoms with Crippen LogP contribution in [-0.4, -0.2) is 63.7 Å². The molecule has 1 saturated heterocycles. The molecule has 1 aliphatic heterocycles. The van der Waals surface area contributed by atoms with Crippen molar-refractivity contribution in [2.45, 2.75) is 25.8 Å². The molecule has 2 aromatic carbocycles. The third kappa shape index (κ3) is 4.50. The largest absolute Gasteiger partial charge is 0.493 e. The van der Waals surface area contributed by atoms with Crippen LogP contribution in [0.4, 0.5) is 5.69 Å². The molecule has 9 heteroatoms. The quantitative estimate of drug-likeness (QED) is 0.321. The minimum Gasteiger partial charge on any atom is -0.493 e. The number of aliphatic hydroxyl groups excluding tert-OH is 2. The molecule has 0 atom stereocenters. The zero-order valence-corrected chi connectivity index (χ0v) is 19.8. The minimum atomic E-state index is -0.750. The van der Waals surface area contributed by atoms with E-state index in [1.807, 2.05) is 30.3 Å². The van der Waals surface area contributed by atoms with Crippen molar-refractivity contribution in [1.29, 1.82) is 0 Å². The number of H-pyrrole nitrogens is 1. The van der Waals surface area contributed by atoms with Crippen molar-refractivity contribution in [1.82, 2.24) is 14.5 Å². The summed E-state index contributed by atoms with van der Waals surface area (Å²) in [5.41, 5.74) is 8.26. The van der Waals surface area contributed by atoms with Crippen molar-refractivity contribution in [3.63, 3.8) is 0 Å². The normalized spacial score (nSPS) is 15.3. The zero-order valence-electron chi connectivity index (χ0n) is 19.8. The number of aliphatic hydroxyl groups is 2. The lowest BCUT2D eigenvalue weighted by molar-refractivity contribution is 0.0287. The van der Waals surface area contributed by atoms with Gasteiger partial charge in [0.15, 0.2) is 0 Å². The second-order valence-corrected chi connectivity index (χ2v) is 9.70. The first-order valence-electron chi connectivity index (χ1n) is 11.9. The maximum absolute atomic E-state index is 13.0. The molecule has 184 valence electrons. The first kappa shape index (κ1) is 23.3. The number of nitrogens with zero attached hydrogens (tertiary/aromatic N) is 3. The van der Waals surface area contributed by atoms with Crippen molar-refractivity contribution in [2.24, 2.45) is 11.1 Å². The van der Waals surface area contributed by atoms with Crippen molar-refractivity contribution >= 4 is 27.6 Å². The Kier molecular flexibility index (Phi) is 6.22. The number of benzene rings is 2. The van der Waals surface area contributed by atoms with Gasteiger partial charge in [0.25, 0.3) is 0 Å². The van der Waals surface area contributed by atoms with Crippen LogP contribution < -0.4 is 21.1 Å². The summed E-state index contributed by atoms with van der Waals surface area (Å²) >= 11 is 0. The zero-order chi connectivity index (χ0) is 24.6. The van der Waals surface area contributed by atoms with Crippen molar-refractivity contribution < 1.29 is 14.9 Å². The lowest BCUT2D eigenvalue weighted by Gasteiger charge is -2.32. The van der Waals surface area contributed by atoms with Crippen LogP contribution in [0.1, 0.15) is 19.8 Å². The molecule has 1 aliphatic rings. The highest BCUT2D eigenvalue weighted by Gasteiger charge is 2.24. The van der Waals surface area contributed by atoms with E-state index < -0.39 is 5.41 Å². The second kappa shape index (κ2) is 9.33. The first-order chi connectivity index (χ1) is 16.9. The number of hydrogen-bond acceptors (Lipinski definition) is 7. The molecule has 35 heavy (non-hydrogen) atoms. The molecule has 0 spiro atoms. The Morgan fingerprint density at radius 3 is 2.66 bits per heavy atom. The number of para-hydroxylation sites is 1. The molecular weight excluding hydrogens is 446 g/mol. The van der Waals surface area contributed by atoms with Crippen LogP contribution in [0.5, 0.6) is 5.75 Å². The Bertz CT molecular complexity index is 1400. The Morgan fingerprint density at radius 1 is 1.14 bits per heavy atom. The number of pyridine rings is 1. The number of piperidine rings is 1. The van der Waals surface area contributed by atoms with Gasteiger partial charge in [-0.2, -0.15) is 0 Å². The molecule has 0 amide bonds. The van der Waals surface area contributed by atoms with Gasteiger partial charge in [-0.25, -0.2) is 14.3 Å². The molecular formula is C26H31N5O4. The summed E-state index contributed by atoms with van der Waals surface area (Å²) < 4.78 is 7.35. The highest BCUT2D eigenvalue weighted by atomic mass is 16.5. The number of ether oxygens (including phenoxy) is 1. The number of imidazole rings is 1. The number of aromatic amines is 1. The fraction of sp³-hybridized carbons (Fsp3) is 0.385. The summed E-state index contributed by atoms with van der Waals surface area (Å²) in [5, 5.41) is 20.0. The van der Waals surface area contributed by atoms with E-state index >= 15 is 0 Å². The average molecular weight is 478 g/mol. The van der Waals surface area contributed by atoms with Crippen LogP contribution >= 0.6 is 0 Å². The van der Waals surface area contributed by atoms with E-state index in [4.69, 9.17) is 15.5 Å². The Balaban J connectivity index is 1.50. The van der Waals surface area contributed by atoms with Crippen LogP contribution in [0.15, 0.2) is 53.3 Å². The molecule has 0 radical (unpaired) electrons. The summed E-state index contributed by atoms with van der Waals surface area (Å²) in [6.07, 6.45) is 1.89. The predicted molar refractivity (Wildman–Crippen MR) is 136 cm³/mol. The highest BCUT2D eigenvalue weighted by Crippen LogP contribution is 2.29. The first-order valence-corrected chi connectivity index (χ1v) is 11.9. The number of nitrogens with two attached hydrogens (primary N) is 1. The molecule has 5 rings (SSSR count). The SMILES string of the molecule is CC(CO)(CO)COc1ccc2c(c1)[nH]c(=O)n2-c1ccc2cccc(N3CCC(N)CC3)c2n1. The van der Waals surface area contributed by atoms with Gasteiger partial charge in [0, 0.05) is 36.0 Å². The predicted octanol–water partition coefficient (Wildman–Crippen LogP) is 2.16. The van der Waals surface area contributed by atoms with E-state index in [1.54, 1.807) is 23.6 Å². The van der Waals surface area contributed by atoms with Crippen LogP contribution in [-0.2, 0) is 0 Å². The highest BCUT2D eigenvalue weighted by molar-refractivity contribution is 5.92. The summed E-state index contributed by atoms with van der Waals surface area (Å²) in [6, 6.07) is 15.5. The Labute approximate surface area is 202 Å². The van der Waals surface area contributed by atoms with E-state index in [2.05, 4.69) is 16.0 Å². The number of hydrogen-bond donors (Lipinski definition) is 4. The van der Waals surface area contributed by atoms with Gasteiger partial charge in [0.2, 0.25) is 0 Å². The Morgan fingerprint density at radius 2 is 1.91 bits per heavy atom. The van der Waals surface area contributed by atoms with Crippen LogP contribution in [0.2, 0.25) is 0 Å². The molecule has 3 heterocycles. The molecule has 0 bridgehead atoms. The van der Waals surface area contributed by atoms with Crippen LogP contribution in [0.3, 0.4) is 0 Å². The lowest BCUT2D eigenvalue weighted by Crippen LogP contribution is -2.39. The molecule has 0 unspecified atom stereocenters. The molecule has 5 N–H and O–H groups in total. The topological polar surface area (TPSA) is 130 Å². The molecule has 2 aromatic heterocycles. The van der Waals surface area contributed by atoms with Gasteiger partial charge in [-0.1, -0.05) is 19.1 Å². The van der Waals surface area contributed by atoms with Gasteiger partial charge >= 0.3 is 5.69 Å². The maximum atomic E-state index is 13.0. The van der Waals surface area contributed by atoms with Crippen LogP contribution in [0.25, 0.3) is 27.8 Å². The van der Waals surface area contributed by atoms with Crippen LogP contribution in [0, 0.1) is 5.41 Å². The van der Waals surface area contributed by atoms with E-state index in [1.165, 1.54) is 0 Å². The third-order valence-corrected chi connectivity index (χ3v) is 6.80. The molecule has 0 aliphatic carbocycles. The standard InChI is InChI=1S/C26H31N5O4/c1-26(14-32,15-33)16-35-19-6-7-21-20(13-19)28-25(34)31(21)23-8-5-17-3-2-4-22(24(17)29-23)30-11-9-18(27)10-12-30/h2-8,13,18,32-33H,9-12,14-16,27H2,1H3,(H,28,34). The number of fused-ring (bicyclic) bond motifs is 2. The van der Waals surface area contributed by atoms with Gasteiger partial charge in [-0.15, -0.1) is 0 Å². The summed E-state index contributed by atoms with van der Waals surface area (Å²) in [6.45, 7) is 3.26. The van der Waals surface area contributed by atoms with Crippen molar-refractivity contribution in [3.05, 3.63) is 59.0 Å². The summed E-state index contributed by atoms with van der Waals surface area (Å²) in [5.74, 6) is 1.08. The molecule has 4 aromatic rings. The fourth-order valence-electron chi connectivity index (χ4n) is 4.45. The lowest BCUT2D eigenvalue weighted by atomic mass is 9.94. The number of aromatic nitrogens is 3. The van der Waals surface area contributed by atoms with Crippen molar-refractivity contribution in [3.8, 4) is 11.6 Å². The summed E-state index contributed by atoms with van der Waals surface area (Å²) in [4.78, 5) is 23.1. The number of nitrogens with one attached hydrogen (secondary N) is 1. The van der Waals surface area contributed by atoms with Gasteiger partial charge in [0.1, 0.15) is 11.6 Å². The molecule has 0 saturated carbocycles. The number of anilines is 1. The maximum Gasteiger partial charge on any atom is 0.332 e. The molecule has 1 fully saturated rings. The van der Waals surface area contributed by atoms with Gasteiger partial charge in [0.05, 0.1) is 42.1 Å². The average Bonchev–Trinajstić information content (AvgIpc) is 3.22. The van der Waals surface area contributed by atoms with Crippen molar-refractivity contribution in [2.75, 3.05) is 37.8 Å². The van der Waals surface area contributed by atoms with Gasteiger partial charge < -0.3 is 30.6 Å². The van der Waals surface area contributed by atoms with E-state index in [9.17, 15) is 15.0 Å². The summed E-state index contributed by atoms with van der Waals surface area (Å²) in [7, 11) is 0. The minimum absolute atomic E-state index is 0.146. The third-order valence-electron chi connectivity index (χ3n) is 6.80.